The van der Waals surface area contributed by atoms with Gasteiger partial charge < -0.3 is 10.5 Å². The molecule has 2 N–H and O–H groups in total. The van der Waals surface area contributed by atoms with Crippen molar-refractivity contribution in [1.29, 1.82) is 0 Å². The molecule has 0 unspecified atom stereocenters. The summed E-state index contributed by atoms with van der Waals surface area (Å²) in [5, 5.41) is 2.00. The van der Waals surface area contributed by atoms with Gasteiger partial charge in [-0.05, 0) is 19.1 Å². The minimum Gasteiger partial charge on any atom is -0.493 e. The predicted octanol–water partition coefficient (Wildman–Crippen LogP) is 2.86. The van der Waals surface area contributed by atoms with Crippen LogP contribution in [-0.4, -0.2) is 10.6 Å². The van der Waals surface area contributed by atoms with E-state index < -0.39 is 0 Å². The van der Waals surface area contributed by atoms with Gasteiger partial charge in [-0.2, -0.15) is 0 Å². The molecule has 0 bridgehead atoms. The highest BCUT2D eigenvalue weighted by Crippen LogP contribution is 2.23. The number of benzene rings is 1. The van der Waals surface area contributed by atoms with Gasteiger partial charge in [0, 0.05) is 23.3 Å². The molecule has 0 aliphatic rings. The van der Waals surface area contributed by atoms with Crippen LogP contribution in [0.3, 0.4) is 0 Å². The van der Waals surface area contributed by atoms with Crippen molar-refractivity contribution in [3.8, 4) is 5.75 Å². The summed E-state index contributed by atoms with van der Waals surface area (Å²) in [7, 11) is 0. The second kappa shape index (κ2) is 4.90. The van der Waals surface area contributed by atoms with Crippen LogP contribution in [0.1, 0.15) is 12.5 Å². The number of nitrogens with two attached hydrogens (primary N) is 1. The molecule has 1 aromatic carbocycles. The van der Waals surface area contributed by atoms with Crippen molar-refractivity contribution in [2.75, 3.05) is 6.61 Å². The van der Waals surface area contributed by atoms with Crippen LogP contribution in [0.5, 0.6) is 5.75 Å². The standard InChI is InChI=1S/C12H14N2OS/c1-2-15-12-6-4-3-5-10(12)11(13)9-14-7-8-16-14/h3-9H,2,13H2,1H3/b11-9-. The van der Waals surface area contributed by atoms with E-state index in [2.05, 4.69) is 0 Å². The first-order chi connectivity index (χ1) is 7.81. The molecule has 4 heteroatoms. The van der Waals surface area contributed by atoms with Crippen molar-refractivity contribution < 1.29 is 4.74 Å². The molecule has 3 nitrogen and oxygen atoms in total. The summed E-state index contributed by atoms with van der Waals surface area (Å²) < 4.78 is 7.48. The zero-order valence-electron chi connectivity index (χ0n) is 9.09. The Morgan fingerprint density at radius 2 is 2.25 bits per heavy atom. The van der Waals surface area contributed by atoms with Gasteiger partial charge in [-0.3, -0.25) is 3.96 Å². The van der Waals surface area contributed by atoms with Gasteiger partial charge in [0.05, 0.1) is 12.3 Å². The van der Waals surface area contributed by atoms with E-state index in [1.54, 1.807) is 11.5 Å². The summed E-state index contributed by atoms with van der Waals surface area (Å²) in [5.41, 5.74) is 7.67. The number of hydrogen-bond donors (Lipinski definition) is 1. The van der Waals surface area contributed by atoms with Crippen molar-refractivity contribution in [3.05, 3.63) is 41.4 Å². The third kappa shape index (κ3) is 2.28. The monoisotopic (exact) mass is 234 g/mol. The summed E-state index contributed by atoms with van der Waals surface area (Å²) in [6, 6.07) is 7.79. The highest BCUT2D eigenvalue weighted by molar-refractivity contribution is 7.05. The second-order valence-electron chi connectivity index (χ2n) is 3.26. The molecular formula is C12H14N2OS. The van der Waals surface area contributed by atoms with Gasteiger partial charge in [0.15, 0.2) is 0 Å². The Hall–Kier alpha value is -1.68. The minimum absolute atomic E-state index is 0.642. The van der Waals surface area contributed by atoms with E-state index in [-0.39, 0.29) is 0 Å². The topological polar surface area (TPSA) is 40.2 Å². The molecule has 1 aromatic heterocycles. The molecule has 0 fully saturated rings. The van der Waals surface area contributed by atoms with Crippen molar-refractivity contribution in [3.63, 3.8) is 0 Å². The lowest BCUT2D eigenvalue weighted by Gasteiger charge is -2.10. The molecule has 16 heavy (non-hydrogen) atoms. The fourth-order valence-electron chi connectivity index (χ4n) is 1.40. The summed E-state index contributed by atoms with van der Waals surface area (Å²) in [5.74, 6) is 0.827. The summed E-state index contributed by atoms with van der Waals surface area (Å²) in [6.45, 7) is 2.60. The first-order valence-electron chi connectivity index (χ1n) is 5.12. The Morgan fingerprint density at radius 1 is 1.50 bits per heavy atom. The maximum absolute atomic E-state index is 6.03. The lowest BCUT2D eigenvalue weighted by atomic mass is 10.1. The highest BCUT2D eigenvalue weighted by atomic mass is 32.1. The van der Waals surface area contributed by atoms with Crippen molar-refractivity contribution in [2.45, 2.75) is 6.92 Å². The Kier molecular flexibility index (Phi) is 3.31. The van der Waals surface area contributed by atoms with E-state index in [4.69, 9.17) is 10.5 Å². The first-order valence-corrected chi connectivity index (χ1v) is 5.96. The van der Waals surface area contributed by atoms with Gasteiger partial charge in [-0.25, -0.2) is 0 Å². The van der Waals surface area contributed by atoms with Gasteiger partial charge in [0.2, 0.25) is 0 Å². The number of para-hydroxylation sites is 1. The van der Waals surface area contributed by atoms with Crippen LogP contribution in [0.2, 0.25) is 0 Å². The number of rotatable bonds is 4. The molecule has 84 valence electrons. The van der Waals surface area contributed by atoms with Crippen LogP contribution in [-0.2, 0) is 0 Å². The minimum atomic E-state index is 0.642. The van der Waals surface area contributed by atoms with E-state index >= 15 is 0 Å². The summed E-state index contributed by atoms with van der Waals surface area (Å²) in [4.78, 5) is 0. The van der Waals surface area contributed by atoms with Crippen LogP contribution < -0.4 is 10.5 Å². The summed E-state index contributed by atoms with van der Waals surface area (Å²) in [6.07, 6.45) is 3.85. The molecule has 0 aliphatic carbocycles. The van der Waals surface area contributed by atoms with E-state index in [0.29, 0.717) is 12.3 Å². The Balaban J connectivity index is 2.30. The maximum Gasteiger partial charge on any atom is 0.128 e. The fourth-order valence-corrected chi connectivity index (χ4v) is 1.83. The van der Waals surface area contributed by atoms with E-state index in [9.17, 15) is 0 Å². The predicted molar refractivity (Wildman–Crippen MR) is 68.3 cm³/mol. The van der Waals surface area contributed by atoms with Crippen molar-refractivity contribution in [2.24, 2.45) is 5.73 Å². The molecule has 0 atom stereocenters. The van der Waals surface area contributed by atoms with Gasteiger partial charge in [0.1, 0.15) is 5.75 Å². The molecule has 0 radical (unpaired) electrons. The lowest BCUT2D eigenvalue weighted by Crippen LogP contribution is -2.02. The summed E-state index contributed by atoms with van der Waals surface area (Å²) >= 11 is 1.60. The normalized spacial score (nSPS) is 11.7. The van der Waals surface area contributed by atoms with Gasteiger partial charge in [-0.1, -0.05) is 23.7 Å². The average Bonchev–Trinajstić information content (AvgIpc) is 2.24. The number of nitrogens with zero attached hydrogens (tertiary/aromatic N) is 1. The van der Waals surface area contributed by atoms with Gasteiger partial charge in [0.25, 0.3) is 0 Å². The number of aromatic nitrogens is 1. The zero-order valence-corrected chi connectivity index (χ0v) is 9.91. The highest BCUT2D eigenvalue weighted by Gasteiger charge is 2.05. The smallest absolute Gasteiger partial charge is 0.128 e. The molecule has 0 spiro atoms. The third-order valence-electron chi connectivity index (χ3n) is 2.15. The van der Waals surface area contributed by atoms with Crippen molar-refractivity contribution >= 4 is 23.4 Å². The third-order valence-corrected chi connectivity index (χ3v) is 2.87. The molecule has 0 amide bonds. The molecule has 0 aliphatic heterocycles. The van der Waals surface area contributed by atoms with Gasteiger partial charge >= 0.3 is 0 Å². The molecule has 0 saturated carbocycles. The largest absolute Gasteiger partial charge is 0.493 e. The van der Waals surface area contributed by atoms with Crippen LogP contribution in [0.25, 0.3) is 11.9 Å². The van der Waals surface area contributed by atoms with Crippen LogP contribution in [0.4, 0.5) is 0 Å². The van der Waals surface area contributed by atoms with Gasteiger partial charge in [-0.15, -0.1) is 0 Å². The second-order valence-corrected chi connectivity index (χ2v) is 4.17. The Bertz CT molecular complexity index is 475. The Labute approximate surface area is 98.9 Å². The number of hydrogen-bond acceptors (Lipinski definition) is 3. The van der Waals surface area contributed by atoms with Crippen LogP contribution >= 0.6 is 11.5 Å². The number of ether oxygens (including phenoxy) is 1. The average molecular weight is 234 g/mol. The molecule has 1 heterocycles. The molecular weight excluding hydrogens is 220 g/mol. The Morgan fingerprint density at radius 3 is 2.88 bits per heavy atom. The fraction of sp³-hybridized carbons (Fsp3) is 0.167. The van der Waals surface area contributed by atoms with Crippen LogP contribution in [0, 0.1) is 0 Å². The lowest BCUT2D eigenvalue weighted by molar-refractivity contribution is 0.339. The molecule has 2 rings (SSSR count). The first kappa shape index (κ1) is 10.8. The van der Waals surface area contributed by atoms with Crippen LogP contribution in [0.15, 0.2) is 35.8 Å². The zero-order chi connectivity index (χ0) is 11.4. The van der Waals surface area contributed by atoms with E-state index in [0.717, 1.165) is 11.3 Å². The van der Waals surface area contributed by atoms with E-state index in [1.807, 2.05) is 52.9 Å². The van der Waals surface area contributed by atoms with Crippen molar-refractivity contribution in [1.82, 2.24) is 3.96 Å². The maximum atomic E-state index is 6.03. The quantitative estimate of drug-likeness (QED) is 0.883. The molecule has 0 saturated heterocycles. The van der Waals surface area contributed by atoms with E-state index in [1.165, 1.54) is 0 Å². The SMILES string of the molecule is CCOc1ccccc1/C(N)=C/n1ccs1. The molecule has 2 aromatic rings.